The first kappa shape index (κ1) is 19.8. The van der Waals surface area contributed by atoms with Gasteiger partial charge in [0.05, 0.1) is 11.1 Å². The minimum atomic E-state index is -0.427. The Kier molecular flexibility index (Phi) is 5.35. The molecule has 0 spiro atoms. The minimum Gasteiger partial charge on any atom is -0.349 e. The van der Waals surface area contributed by atoms with Crippen LogP contribution in [0.1, 0.15) is 49.5 Å². The molecule has 7 heteroatoms. The van der Waals surface area contributed by atoms with Gasteiger partial charge in [-0.15, -0.1) is 0 Å². The van der Waals surface area contributed by atoms with E-state index in [2.05, 4.69) is 5.32 Å². The third kappa shape index (κ3) is 3.70. The molecule has 2 aromatic rings. The monoisotopic (exact) mass is 405 g/mol. The molecule has 2 heterocycles. The molecule has 30 heavy (non-hydrogen) atoms. The molecule has 154 valence electrons. The van der Waals surface area contributed by atoms with Gasteiger partial charge >= 0.3 is 0 Å². The van der Waals surface area contributed by atoms with Gasteiger partial charge in [0.15, 0.2) is 0 Å². The standard InChI is InChI=1S/C23H23N3O4/c1-15-6-2-3-7-17(15)21(28)24-16-10-12-25(13-11-16)20(27)14-26-22(29)18-8-4-5-9-19(18)23(26)30/h2-9,16H,10-14H2,1H3,(H,24,28). The van der Waals surface area contributed by atoms with Crippen molar-refractivity contribution >= 4 is 23.6 Å². The first-order chi connectivity index (χ1) is 14.5. The number of likely N-dealkylation sites (tertiary alicyclic amines) is 1. The van der Waals surface area contributed by atoms with Crippen LogP contribution in [0.2, 0.25) is 0 Å². The summed E-state index contributed by atoms with van der Waals surface area (Å²) in [5.74, 6) is -1.22. The second-order valence-corrected chi connectivity index (χ2v) is 7.69. The third-order valence-electron chi connectivity index (χ3n) is 5.74. The molecule has 1 saturated heterocycles. The number of hydrogen-bond donors (Lipinski definition) is 1. The zero-order chi connectivity index (χ0) is 21.3. The maximum absolute atomic E-state index is 12.7. The van der Waals surface area contributed by atoms with E-state index in [4.69, 9.17) is 0 Å². The Morgan fingerprint density at radius 3 is 2.10 bits per heavy atom. The van der Waals surface area contributed by atoms with Crippen LogP contribution >= 0.6 is 0 Å². The maximum Gasteiger partial charge on any atom is 0.262 e. The lowest BCUT2D eigenvalue weighted by molar-refractivity contribution is -0.132. The number of aryl methyl sites for hydroxylation is 1. The summed E-state index contributed by atoms with van der Waals surface area (Å²) in [4.78, 5) is 52.7. The number of fused-ring (bicyclic) bond motifs is 1. The molecule has 0 saturated carbocycles. The van der Waals surface area contributed by atoms with Crippen molar-refractivity contribution in [1.82, 2.24) is 15.1 Å². The van der Waals surface area contributed by atoms with Gasteiger partial charge in [-0.05, 0) is 43.5 Å². The Labute approximate surface area is 174 Å². The maximum atomic E-state index is 12.7. The van der Waals surface area contributed by atoms with E-state index in [0.717, 1.165) is 10.5 Å². The first-order valence-electron chi connectivity index (χ1n) is 10.0. The number of nitrogens with one attached hydrogen (secondary N) is 1. The number of rotatable bonds is 4. The van der Waals surface area contributed by atoms with Crippen LogP contribution in [0.3, 0.4) is 0 Å². The largest absolute Gasteiger partial charge is 0.349 e. The Balaban J connectivity index is 1.31. The highest BCUT2D eigenvalue weighted by atomic mass is 16.2. The zero-order valence-corrected chi connectivity index (χ0v) is 16.8. The van der Waals surface area contributed by atoms with E-state index in [9.17, 15) is 19.2 Å². The van der Waals surface area contributed by atoms with Crippen LogP contribution < -0.4 is 5.32 Å². The van der Waals surface area contributed by atoms with Crippen LogP contribution in [-0.2, 0) is 4.79 Å². The molecule has 4 rings (SSSR count). The number of carbonyl (C=O) groups excluding carboxylic acids is 4. The lowest BCUT2D eigenvalue weighted by Gasteiger charge is -2.33. The highest BCUT2D eigenvalue weighted by Crippen LogP contribution is 2.22. The summed E-state index contributed by atoms with van der Waals surface area (Å²) in [6.45, 7) is 2.59. The Morgan fingerprint density at radius 1 is 0.933 bits per heavy atom. The van der Waals surface area contributed by atoms with Crippen molar-refractivity contribution < 1.29 is 19.2 Å². The van der Waals surface area contributed by atoms with Crippen LogP contribution in [0.15, 0.2) is 48.5 Å². The van der Waals surface area contributed by atoms with Crippen molar-refractivity contribution in [2.24, 2.45) is 0 Å². The fourth-order valence-electron chi connectivity index (χ4n) is 3.98. The number of carbonyl (C=O) groups is 4. The van der Waals surface area contributed by atoms with E-state index in [1.54, 1.807) is 35.2 Å². The summed E-state index contributed by atoms with van der Waals surface area (Å²) >= 11 is 0. The van der Waals surface area contributed by atoms with Gasteiger partial charge in [-0.2, -0.15) is 0 Å². The fraction of sp³-hybridized carbons (Fsp3) is 0.304. The van der Waals surface area contributed by atoms with Gasteiger partial charge in [0, 0.05) is 24.7 Å². The number of nitrogens with zero attached hydrogens (tertiary/aromatic N) is 2. The van der Waals surface area contributed by atoms with Crippen molar-refractivity contribution in [2.75, 3.05) is 19.6 Å². The summed E-state index contributed by atoms with van der Waals surface area (Å²) in [7, 11) is 0. The van der Waals surface area contributed by atoms with E-state index >= 15 is 0 Å². The van der Waals surface area contributed by atoms with Crippen LogP contribution in [0.5, 0.6) is 0 Å². The van der Waals surface area contributed by atoms with Crippen LogP contribution in [-0.4, -0.2) is 59.1 Å². The minimum absolute atomic E-state index is 0.0135. The van der Waals surface area contributed by atoms with Crippen molar-refractivity contribution in [3.05, 3.63) is 70.8 Å². The van der Waals surface area contributed by atoms with Gasteiger partial charge in [0.25, 0.3) is 17.7 Å². The smallest absolute Gasteiger partial charge is 0.262 e. The summed E-state index contributed by atoms with van der Waals surface area (Å²) in [6, 6.07) is 14.0. The van der Waals surface area contributed by atoms with Crippen molar-refractivity contribution in [3.8, 4) is 0 Å². The van der Waals surface area contributed by atoms with Gasteiger partial charge in [0.1, 0.15) is 6.54 Å². The van der Waals surface area contributed by atoms with Crippen LogP contribution in [0.25, 0.3) is 0 Å². The third-order valence-corrected chi connectivity index (χ3v) is 5.74. The summed E-state index contributed by atoms with van der Waals surface area (Å²) in [5.41, 5.74) is 2.26. The van der Waals surface area contributed by atoms with Crippen LogP contribution in [0, 0.1) is 6.92 Å². The predicted octanol–water partition coefficient (Wildman–Crippen LogP) is 2.01. The van der Waals surface area contributed by atoms with E-state index in [0.29, 0.717) is 42.6 Å². The van der Waals surface area contributed by atoms with Gasteiger partial charge in [0.2, 0.25) is 5.91 Å². The van der Waals surface area contributed by atoms with Gasteiger partial charge in [-0.25, -0.2) is 0 Å². The number of amides is 4. The topological polar surface area (TPSA) is 86.8 Å². The molecule has 0 radical (unpaired) electrons. The Hall–Kier alpha value is -3.48. The Bertz CT molecular complexity index is 990. The first-order valence-corrected chi connectivity index (χ1v) is 10.0. The van der Waals surface area contributed by atoms with E-state index in [1.807, 2.05) is 25.1 Å². The lowest BCUT2D eigenvalue weighted by atomic mass is 10.0. The quantitative estimate of drug-likeness (QED) is 0.789. The van der Waals surface area contributed by atoms with E-state index in [1.165, 1.54) is 0 Å². The molecule has 2 aliphatic heterocycles. The molecule has 0 atom stereocenters. The molecule has 7 nitrogen and oxygen atoms in total. The number of piperidine rings is 1. The molecule has 4 amide bonds. The average molecular weight is 405 g/mol. The fourth-order valence-corrected chi connectivity index (χ4v) is 3.98. The normalized spacial score (nSPS) is 16.6. The summed E-state index contributed by atoms with van der Waals surface area (Å²) in [6.07, 6.45) is 1.26. The molecule has 2 aromatic carbocycles. The van der Waals surface area contributed by atoms with E-state index in [-0.39, 0.29) is 24.4 Å². The van der Waals surface area contributed by atoms with Gasteiger partial charge in [-0.3, -0.25) is 24.1 Å². The number of benzene rings is 2. The van der Waals surface area contributed by atoms with Crippen LogP contribution in [0.4, 0.5) is 0 Å². The SMILES string of the molecule is Cc1ccccc1C(=O)NC1CCN(C(=O)CN2C(=O)c3ccccc3C2=O)CC1. The van der Waals surface area contributed by atoms with Crippen molar-refractivity contribution in [1.29, 1.82) is 0 Å². The number of imide groups is 1. The molecule has 2 aliphatic rings. The van der Waals surface area contributed by atoms with Crippen molar-refractivity contribution in [3.63, 3.8) is 0 Å². The molecule has 0 aromatic heterocycles. The van der Waals surface area contributed by atoms with Gasteiger partial charge < -0.3 is 10.2 Å². The van der Waals surface area contributed by atoms with E-state index < -0.39 is 11.8 Å². The molecule has 0 unspecified atom stereocenters. The second kappa shape index (κ2) is 8.10. The van der Waals surface area contributed by atoms with Gasteiger partial charge in [-0.1, -0.05) is 30.3 Å². The summed E-state index contributed by atoms with van der Waals surface area (Å²) in [5, 5.41) is 3.04. The average Bonchev–Trinajstić information content (AvgIpc) is 2.99. The second-order valence-electron chi connectivity index (χ2n) is 7.69. The van der Waals surface area contributed by atoms with Crippen molar-refractivity contribution in [2.45, 2.75) is 25.8 Å². The molecular weight excluding hydrogens is 382 g/mol. The Morgan fingerprint density at radius 2 is 1.50 bits per heavy atom. The molecule has 0 bridgehead atoms. The molecule has 0 aliphatic carbocycles. The molecule has 1 fully saturated rings. The highest BCUT2D eigenvalue weighted by Gasteiger charge is 2.37. The molecular formula is C23H23N3O4. The highest BCUT2D eigenvalue weighted by molar-refractivity contribution is 6.22. The summed E-state index contributed by atoms with van der Waals surface area (Å²) < 4.78 is 0. The predicted molar refractivity (Wildman–Crippen MR) is 110 cm³/mol. The molecule has 1 N–H and O–H groups in total. The number of hydrogen-bond acceptors (Lipinski definition) is 4. The lowest BCUT2D eigenvalue weighted by Crippen LogP contribution is -2.49. The zero-order valence-electron chi connectivity index (χ0n) is 16.8.